The normalized spacial score (nSPS) is 24.6. The highest BCUT2D eigenvalue weighted by Gasteiger charge is 2.34. The summed E-state index contributed by atoms with van der Waals surface area (Å²) >= 11 is 0. The first-order valence-electron chi connectivity index (χ1n) is 8.66. The van der Waals surface area contributed by atoms with Crippen molar-refractivity contribution in [3.05, 3.63) is 60.2 Å². The minimum Gasteiger partial charge on any atom is -0.399 e. The van der Waals surface area contributed by atoms with Crippen LogP contribution in [-0.2, 0) is 6.54 Å². The third-order valence-electron chi connectivity index (χ3n) is 5.26. The molecule has 120 valence electrons. The minimum atomic E-state index is 0.626. The molecule has 2 aromatic rings. The highest BCUT2D eigenvalue weighted by molar-refractivity contribution is 5.54. The van der Waals surface area contributed by atoms with Crippen LogP contribution < -0.4 is 10.6 Å². The summed E-state index contributed by atoms with van der Waals surface area (Å²) in [6, 6.07) is 19.9. The Labute approximate surface area is 138 Å². The standard InChI is InChI=1S/C20H25N3/c21-18-7-10-19(11-8-18)23-14-17-6-9-20(23)15-22(13-17)12-16-4-2-1-3-5-16/h1-5,7-8,10-11,17,20H,6,9,12-15,21H2. The summed E-state index contributed by atoms with van der Waals surface area (Å²) in [4.78, 5) is 5.26. The number of nitrogen functional groups attached to an aromatic ring is 1. The number of hydrogen-bond donors (Lipinski definition) is 1. The topological polar surface area (TPSA) is 32.5 Å². The SMILES string of the molecule is Nc1ccc(N2CC3CCC2CN(Cc2ccccc2)C3)cc1. The average Bonchev–Trinajstić information content (AvgIpc) is 2.87. The molecule has 2 aromatic carbocycles. The average molecular weight is 307 g/mol. The molecule has 2 atom stereocenters. The fourth-order valence-electron chi connectivity index (χ4n) is 4.13. The molecule has 0 spiro atoms. The number of anilines is 2. The Morgan fingerprint density at radius 2 is 1.65 bits per heavy atom. The molecule has 3 aliphatic rings. The van der Waals surface area contributed by atoms with E-state index in [-0.39, 0.29) is 0 Å². The zero-order chi connectivity index (χ0) is 15.6. The molecule has 0 amide bonds. The van der Waals surface area contributed by atoms with Crippen LogP contribution in [0.5, 0.6) is 0 Å². The summed E-state index contributed by atoms with van der Waals surface area (Å²) in [6.07, 6.45) is 2.67. The van der Waals surface area contributed by atoms with Crippen molar-refractivity contribution in [3.63, 3.8) is 0 Å². The molecule has 0 aliphatic carbocycles. The van der Waals surface area contributed by atoms with E-state index in [1.165, 1.54) is 37.2 Å². The fraction of sp³-hybridized carbons (Fsp3) is 0.400. The second kappa shape index (κ2) is 6.25. The van der Waals surface area contributed by atoms with Gasteiger partial charge >= 0.3 is 0 Å². The number of fused-ring (bicyclic) bond motifs is 4. The van der Waals surface area contributed by atoms with Crippen LogP contribution in [0.2, 0.25) is 0 Å². The van der Waals surface area contributed by atoms with E-state index in [2.05, 4.69) is 52.3 Å². The van der Waals surface area contributed by atoms with Crippen molar-refractivity contribution < 1.29 is 0 Å². The van der Waals surface area contributed by atoms with Gasteiger partial charge in [0.25, 0.3) is 0 Å². The summed E-state index contributed by atoms with van der Waals surface area (Å²) in [5.74, 6) is 0.773. The Morgan fingerprint density at radius 3 is 2.43 bits per heavy atom. The summed E-state index contributed by atoms with van der Waals surface area (Å²) in [7, 11) is 0. The molecule has 3 fully saturated rings. The predicted molar refractivity (Wildman–Crippen MR) is 96.4 cm³/mol. The fourth-order valence-corrected chi connectivity index (χ4v) is 4.13. The van der Waals surface area contributed by atoms with E-state index >= 15 is 0 Å². The molecule has 23 heavy (non-hydrogen) atoms. The van der Waals surface area contributed by atoms with E-state index in [1.807, 2.05) is 12.1 Å². The lowest BCUT2D eigenvalue weighted by atomic mass is 9.94. The first kappa shape index (κ1) is 14.6. The van der Waals surface area contributed by atoms with E-state index < -0.39 is 0 Å². The summed E-state index contributed by atoms with van der Waals surface area (Å²) in [5.41, 5.74) is 9.44. The van der Waals surface area contributed by atoms with Gasteiger partial charge in [0.05, 0.1) is 0 Å². The molecule has 3 nitrogen and oxygen atoms in total. The Balaban J connectivity index is 1.51. The monoisotopic (exact) mass is 307 g/mol. The molecular formula is C20H25N3. The molecule has 3 heteroatoms. The van der Waals surface area contributed by atoms with Crippen LogP contribution in [0, 0.1) is 5.92 Å². The maximum atomic E-state index is 5.84. The minimum absolute atomic E-state index is 0.626. The maximum absolute atomic E-state index is 5.84. The Bertz CT molecular complexity index is 638. The lowest BCUT2D eigenvalue weighted by Crippen LogP contribution is -2.44. The quantitative estimate of drug-likeness (QED) is 0.883. The first-order valence-corrected chi connectivity index (χ1v) is 8.66. The molecule has 3 aliphatic heterocycles. The number of hydrogen-bond acceptors (Lipinski definition) is 3. The number of nitrogens with zero attached hydrogens (tertiary/aromatic N) is 2. The molecule has 5 rings (SSSR count). The van der Waals surface area contributed by atoms with E-state index in [0.29, 0.717) is 6.04 Å². The van der Waals surface area contributed by atoms with E-state index in [4.69, 9.17) is 5.73 Å². The largest absolute Gasteiger partial charge is 0.399 e. The van der Waals surface area contributed by atoms with Gasteiger partial charge in [0, 0.05) is 43.6 Å². The summed E-state index contributed by atoms with van der Waals surface area (Å²) in [5, 5.41) is 0. The molecular weight excluding hydrogens is 282 g/mol. The van der Waals surface area contributed by atoms with Gasteiger partial charge in [-0.1, -0.05) is 30.3 Å². The van der Waals surface area contributed by atoms with Gasteiger partial charge in [0.1, 0.15) is 0 Å². The number of benzene rings is 2. The molecule has 3 saturated heterocycles. The first-order chi connectivity index (χ1) is 11.3. The smallest absolute Gasteiger partial charge is 0.0417 e. The van der Waals surface area contributed by atoms with Gasteiger partial charge in [0.15, 0.2) is 0 Å². The van der Waals surface area contributed by atoms with Crippen LogP contribution in [0.25, 0.3) is 0 Å². The van der Waals surface area contributed by atoms with Gasteiger partial charge in [-0.25, -0.2) is 0 Å². The van der Waals surface area contributed by atoms with Crippen molar-refractivity contribution in [2.45, 2.75) is 25.4 Å². The Kier molecular flexibility index (Phi) is 3.96. The van der Waals surface area contributed by atoms with Crippen molar-refractivity contribution in [1.82, 2.24) is 4.90 Å². The number of piperidine rings is 1. The summed E-state index contributed by atoms with van der Waals surface area (Å²) in [6.45, 7) is 4.63. The van der Waals surface area contributed by atoms with E-state index in [9.17, 15) is 0 Å². The third kappa shape index (κ3) is 3.20. The lowest BCUT2D eigenvalue weighted by Gasteiger charge is -2.38. The highest BCUT2D eigenvalue weighted by atomic mass is 15.3. The van der Waals surface area contributed by atoms with Crippen LogP contribution in [0.15, 0.2) is 54.6 Å². The van der Waals surface area contributed by atoms with Crippen molar-refractivity contribution in [2.24, 2.45) is 5.92 Å². The molecule has 2 bridgehead atoms. The lowest BCUT2D eigenvalue weighted by molar-refractivity contribution is 0.256. The third-order valence-corrected chi connectivity index (χ3v) is 5.26. The van der Waals surface area contributed by atoms with Gasteiger partial charge in [-0.3, -0.25) is 4.90 Å². The Hall–Kier alpha value is -2.00. The molecule has 0 saturated carbocycles. The zero-order valence-corrected chi connectivity index (χ0v) is 13.6. The van der Waals surface area contributed by atoms with Gasteiger partial charge in [-0.15, -0.1) is 0 Å². The van der Waals surface area contributed by atoms with Crippen LogP contribution in [0.4, 0.5) is 11.4 Å². The molecule has 0 aromatic heterocycles. The van der Waals surface area contributed by atoms with E-state index in [0.717, 1.165) is 24.7 Å². The van der Waals surface area contributed by atoms with Crippen LogP contribution in [0.3, 0.4) is 0 Å². The molecule has 3 heterocycles. The zero-order valence-electron chi connectivity index (χ0n) is 13.6. The summed E-state index contributed by atoms with van der Waals surface area (Å²) < 4.78 is 0. The van der Waals surface area contributed by atoms with Crippen molar-refractivity contribution in [1.29, 1.82) is 0 Å². The predicted octanol–water partition coefficient (Wildman–Crippen LogP) is 3.37. The van der Waals surface area contributed by atoms with E-state index in [1.54, 1.807) is 0 Å². The molecule has 0 radical (unpaired) electrons. The second-order valence-corrected chi connectivity index (χ2v) is 7.02. The highest BCUT2D eigenvalue weighted by Crippen LogP contribution is 2.32. The van der Waals surface area contributed by atoms with Crippen molar-refractivity contribution in [3.8, 4) is 0 Å². The second-order valence-electron chi connectivity index (χ2n) is 7.02. The Morgan fingerprint density at radius 1 is 0.870 bits per heavy atom. The maximum Gasteiger partial charge on any atom is 0.0417 e. The number of nitrogens with two attached hydrogens (primary N) is 1. The van der Waals surface area contributed by atoms with Crippen LogP contribution in [-0.4, -0.2) is 30.6 Å². The van der Waals surface area contributed by atoms with Gasteiger partial charge in [-0.2, -0.15) is 0 Å². The van der Waals surface area contributed by atoms with Gasteiger partial charge < -0.3 is 10.6 Å². The van der Waals surface area contributed by atoms with Crippen LogP contribution >= 0.6 is 0 Å². The van der Waals surface area contributed by atoms with Gasteiger partial charge in [-0.05, 0) is 48.6 Å². The van der Waals surface area contributed by atoms with Crippen molar-refractivity contribution in [2.75, 3.05) is 30.3 Å². The van der Waals surface area contributed by atoms with Crippen molar-refractivity contribution >= 4 is 11.4 Å². The van der Waals surface area contributed by atoms with Gasteiger partial charge in [0.2, 0.25) is 0 Å². The molecule has 2 unspecified atom stereocenters. The van der Waals surface area contributed by atoms with Crippen LogP contribution in [0.1, 0.15) is 18.4 Å². The molecule has 2 N–H and O–H groups in total. The number of rotatable bonds is 3.